The van der Waals surface area contributed by atoms with E-state index >= 15 is 0 Å². The normalized spacial score (nSPS) is 22.4. The zero-order valence-electron chi connectivity index (χ0n) is 40.6. The van der Waals surface area contributed by atoms with Gasteiger partial charge in [-0.1, -0.05) is 13.8 Å². The molecule has 18 nitrogen and oxygen atoms in total. The first-order valence-electron chi connectivity index (χ1n) is 24.8. The van der Waals surface area contributed by atoms with Gasteiger partial charge in [-0.05, 0) is 111 Å². The topological polar surface area (TPSA) is 199 Å². The highest BCUT2D eigenvalue weighted by molar-refractivity contribution is 6.23. The minimum absolute atomic E-state index is 0.0781. The average Bonchev–Trinajstić information content (AvgIpc) is 3.83. The number of piperazine rings is 1. The summed E-state index contributed by atoms with van der Waals surface area (Å²) in [6.45, 7) is 11.7. The number of nitrogens with zero attached hydrogens (tertiary/aromatic N) is 9. The van der Waals surface area contributed by atoms with Crippen molar-refractivity contribution < 1.29 is 29.1 Å². The van der Waals surface area contributed by atoms with Crippen molar-refractivity contribution in [2.24, 2.45) is 12.5 Å². The van der Waals surface area contributed by atoms with Gasteiger partial charge in [-0.25, -0.2) is 9.97 Å². The predicted molar refractivity (Wildman–Crippen MR) is 267 cm³/mol. The van der Waals surface area contributed by atoms with Gasteiger partial charge in [-0.2, -0.15) is 0 Å². The number of benzene rings is 1. The molecule has 1 aliphatic carbocycles. The van der Waals surface area contributed by atoms with Crippen LogP contribution in [0.2, 0.25) is 0 Å². The Kier molecular flexibility index (Phi) is 11.7. The molecule has 1 unspecified atom stereocenters. The molecule has 0 spiro atoms. The number of hydrogen-bond donors (Lipinski definition) is 3. The zero-order valence-corrected chi connectivity index (χ0v) is 40.6. The summed E-state index contributed by atoms with van der Waals surface area (Å²) in [5.74, 6) is -1.23. The number of fused-ring (bicyclic) bond motifs is 4. The quantitative estimate of drug-likeness (QED) is 0.173. The molecule has 9 heterocycles. The van der Waals surface area contributed by atoms with Gasteiger partial charge in [0.2, 0.25) is 11.8 Å². The SMILES string of the molecule is C[C@H]1CN([C@H]2CCCN(c3ccc4c(c3)C(=O)N(C3CCC(=O)NC3=O)C4=O)CC2)CCN1c1ccc(Nc2cc(-c3ccnc(N4CCn5c(cc6c5CC(C)(C)C6)C4=O)c3CO)cn(C)c2=O)nc1. The number of imide groups is 2. The lowest BCUT2D eigenvalue weighted by molar-refractivity contribution is -0.136. The fourth-order valence-corrected chi connectivity index (χ4v) is 12.0. The van der Waals surface area contributed by atoms with E-state index in [0.717, 1.165) is 81.1 Å². The van der Waals surface area contributed by atoms with Crippen molar-refractivity contribution in [3.8, 4) is 11.1 Å². The Hall–Kier alpha value is -7.18. The molecule has 368 valence electrons. The van der Waals surface area contributed by atoms with Gasteiger partial charge >= 0.3 is 0 Å². The molecule has 5 aliphatic heterocycles. The smallest absolute Gasteiger partial charge is 0.276 e. The van der Waals surface area contributed by atoms with Crippen molar-refractivity contribution in [3.05, 3.63) is 111 Å². The van der Waals surface area contributed by atoms with Gasteiger partial charge in [0.05, 0.1) is 29.6 Å². The highest BCUT2D eigenvalue weighted by Gasteiger charge is 2.45. The van der Waals surface area contributed by atoms with Crippen LogP contribution in [0.4, 0.5) is 28.7 Å². The van der Waals surface area contributed by atoms with E-state index in [2.05, 4.69) is 55.7 Å². The van der Waals surface area contributed by atoms with Crippen molar-refractivity contribution in [2.75, 3.05) is 59.3 Å². The molecule has 3 fully saturated rings. The molecular weight excluding hydrogens is 903 g/mol. The van der Waals surface area contributed by atoms with E-state index in [4.69, 9.17) is 4.98 Å². The van der Waals surface area contributed by atoms with Crippen LogP contribution < -0.4 is 30.9 Å². The maximum Gasteiger partial charge on any atom is 0.276 e. The number of nitrogens with one attached hydrogen (secondary N) is 2. The molecule has 5 aromatic rings. The highest BCUT2D eigenvalue weighted by atomic mass is 16.3. The Morgan fingerprint density at radius 2 is 1.63 bits per heavy atom. The maximum absolute atomic E-state index is 14.0. The Bertz CT molecular complexity index is 3090. The van der Waals surface area contributed by atoms with E-state index in [1.165, 1.54) is 15.8 Å². The fraction of sp³-hybridized carbons (Fsp3) is 0.434. The lowest BCUT2D eigenvalue weighted by atomic mass is 9.90. The van der Waals surface area contributed by atoms with Gasteiger partial charge in [0.15, 0.2) is 0 Å². The number of hydrogen-bond acceptors (Lipinski definition) is 13. The van der Waals surface area contributed by atoms with Crippen molar-refractivity contribution >= 4 is 58.2 Å². The maximum atomic E-state index is 14.0. The second-order valence-corrected chi connectivity index (χ2v) is 20.8. The van der Waals surface area contributed by atoms with Crippen molar-refractivity contribution in [1.82, 2.24) is 34.2 Å². The molecule has 5 amide bonds. The minimum Gasteiger partial charge on any atom is -0.392 e. The fourth-order valence-electron chi connectivity index (χ4n) is 12.0. The number of aryl methyl sites for hydroxylation is 1. The number of pyridine rings is 3. The Morgan fingerprint density at radius 1 is 0.817 bits per heavy atom. The molecule has 18 heteroatoms. The second kappa shape index (κ2) is 17.9. The molecule has 3 N–H and O–H groups in total. The lowest BCUT2D eigenvalue weighted by Gasteiger charge is -2.44. The van der Waals surface area contributed by atoms with E-state index in [-0.39, 0.29) is 47.9 Å². The van der Waals surface area contributed by atoms with Gasteiger partial charge in [-0.3, -0.25) is 48.8 Å². The summed E-state index contributed by atoms with van der Waals surface area (Å²) in [4.78, 5) is 97.9. The van der Waals surface area contributed by atoms with Crippen molar-refractivity contribution in [1.29, 1.82) is 0 Å². The molecule has 0 bridgehead atoms. The number of piperidine rings is 1. The summed E-state index contributed by atoms with van der Waals surface area (Å²) in [5, 5.41) is 16.3. The summed E-state index contributed by atoms with van der Waals surface area (Å²) in [7, 11) is 1.69. The molecule has 0 radical (unpaired) electrons. The number of aliphatic hydroxyl groups excluding tert-OH is 1. The van der Waals surface area contributed by atoms with Crippen LogP contribution in [-0.2, 0) is 42.6 Å². The first kappa shape index (κ1) is 46.2. The van der Waals surface area contributed by atoms with E-state index in [0.29, 0.717) is 64.4 Å². The molecule has 1 aromatic carbocycles. The van der Waals surface area contributed by atoms with Gasteiger partial charge < -0.3 is 29.4 Å². The van der Waals surface area contributed by atoms with Gasteiger partial charge in [-0.15, -0.1) is 0 Å². The third-order valence-corrected chi connectivity index (χ3v) is 15.6. The van der Waals surface area contributed by atoms with Gasteiger partial charge in [0, 0.05) is 106 Å². The third kappa shape index (κ3) is 8.25. The molecule has 71 heavy (non-hydrogen) atoms. The molecule has 3 atom stereocenters. The number of carbonyl (C=O) groups is 5. The standard InChI is InChI=1S/C53H59N11O7/c1-31-28-60(34-6-5-16-59(17-14-34)35-7-9-38-39(24-35)50(69)64(49(38)68)42-10-12-46(66)57-48(42)67)18-19-61(31)36-8-11-45(55-27-36)56-41-22-33(29-58(4)51(41)70)37-13-15-54-47(40(37)30-65)63-21-20-62-43(52(63)71)23-32-25-53(2,3)26-44(32)62/h7-9,11,13,15,22-24,27,29,31,34,42,65H,5-6,10,12,14,16-21,25-26,28,30H2,1-4H3,(H,55,56)(H,57,66,67)/t31-,34-,42?/m0/s1. The first-order chi connectivity index (χ1) is 34.2. The summed E-state index contributed by atoms with van der Waals surface area (Å²) < 4.78 is 3.66. The van der Waals surface area contributed by atoms with E-state index in [1.807, 2.05) is 30.5 Å². The lowest BCUT2D eigenvalue weighted by Crippen LogP contribution is -2.55. The molecule has 3 saturated heterocycles. The van der Waals surface area contributed by atoms with Gasteiger partial charge in [0.1, 0.15) is 29.1 Å². The van der Waals surface area contributed by atoms with Crippen molar-refractivity contribution in [2.45, 2.75) is 97.0 Å². The third-order valence-electron chi connectivity index (χ3n) is 15.6. The van der Waals surface area contributed by atoms with Crippen molar-refractivity contribution in [3.63, 3.8) is 0 Å². The molecular formula is C53H59N11O7. The molecule has 4 aromatic heterocycles. The number of amides is 5. The number of aromatic nitrogens is 4. The summed E-state index contributed by atoms with van der Waals surface area (Å²) >= 11 is 0. The zero-order chi connectivity index (χ0) is 49.5. The van der Waals surface area contributed by atoms with Crippen LogP contribution in [0.1, 0.15) is 101 Å². The average molecular weight is 962 g/mol. The molecule has 0 saturated carbocycles. The van der Waals surface area contributed by atoms with E-state index in [9.17, 15) is 33.9 Å². The van der Waals surface area contributed by atoms with E-state index in [1.54, 1.807) is 48.6 Å². The summed E-state index contributed by atoms with van der Waals surface area (Å²) in [6, 6.07) is 14.5. The van der Waals surface area contributed by atoms with Crippen LogP contribution in [0, 0.1) is 5.41 Å². The van der Waals surface area contributed by atoms with Gasteiger partial charge in [0.25, 0.3) is 23.3 Å². The number of rotatable bonds is 9. The van der Waals surface area contributed by atoms with Crippen LogP contribution >= 0.6 is 0 Å². The Morgan fingerprint density at radius 3 is 2.41 bits per heavy atom. The van der Waals surface area contributed by atoms with Crippen LogP contribution in [0.15, 0.2) is 71.9 Å². The summed E-state index contributed by atoms with van der Waals surface area (Å²) in [6.07, 6.45) is 10.2. The van der Waals surface area contributed by atoms with Crippen LogP contribution in [0.5, 0.6) is 0 Å². The second-order valence-electron chi connectivity index (χ2n) is 20.8. The highest BCUT2D eigenvalue weighted by Crippen LogP contribution is 2.41. The monoisotopic (exact) mass is 961 g/mol. The number of aliphatic hydroxyl groups is 1. The Balaban J connectivity index is 0.725. The summed E-state index contributed by atoms with van der Waals surface area (Å²) in [5.41, 5.74) is 7.67. The molecule has 11 rings (SSSR count). The Labute approximate surface area is 411 Å². The number of anilines is 5. The minimum atomic E-state index is -0.994. The van der Waals surface area contributed by atoms with Crippen LogP contribution in [-0.4, -0.2) is 121 Å². The van der Waals surface area contributed by atoms with E-state index < -0.39 is 29.7 Å². The van der Waals surface area contributed by atoms with Crippen LogP contribution in [0.3, 0.4) is 0 Å². The predicted octanol–water partition coefficient (Wildman–Crippen LogP) is 4.64. The largest absolute Gasteiger partial charge is 0.392 e. The molecule has 6 aliphatic rings. The number of carbonyl (C=O) groups excluding carboxylic acids is 5. The van der Waals surface area contributed by atoms with Crippen LogP contribution in [0.25, 0.3) is 11.1 Å². The first-order valence-corrected chi connectivity index (χ1v) is 24.8.